The van der Waals surface area contributed by atoms with Crippen LogP contribution in [0.4, 0.5) is 11.4 Å². The Kier molecular flexibility index (Phi) is 5.57. The molecule has 2 amide bonds. The Bertz CT molecular complexity index is 930. The van der Waals surface area contributed by atoms with E-state index in [1.165, 1.54) is 28.3 Å². The largest absolute Gasteiger partial charge is 0.327 e. The van der Waals surface area contributed by atoms with E-state index in [-0.39, 0.29) is 23.4 Å². The summed E-state index contributed by atoms with van der Waals surface area (Å²) in [4.78, 5) is 27.1. The van der Waals surface area contributed by atoms with Crippen molar-refractivity contribution in [3.05, 3.63) is 36.8 Å². The van der Waals surface area contributed by atoms with E-state index >= 15 is 0 Å². The lowest BCUT2D eigenvalue weighted by Gasteiger charge is -2.12. The Hall–Kier alpha value is -2.72. The van der Waals surface area contributed by atoms with Gasteiger partial charge in [-0.1, -0.05) is 0 Å². The predicted molar refractivity (Wildman–Crippen MR) is 99.6 cm³/mol. The number of nitrogens with zero attached hydrogens (tertiary/aromatic N) is 3. The molecule has 2 heterocycles. The van der Waals surface area contributed by atoms with E-state index in [9.17, 15) is 18.0 Å². The van der Waals surface area contributed by atoms with Crippen molar-refractivity contribution in [1.82, 2.24) is 13.9 Å². The van der Waals surface area contributed by atoms with Crippen LogP contribution in [-0.2, 0) is 26.2 Å². The van der Waals surface area contributed by atoms with Gasteiger partial charge in [0.15, 0.2) is 5.03 Å². The average Bonchev–Trinajstić information content (AvgIpc) is 3.28. The van der Waals surface area contributed by atoms with Crippen molar-refractivity contribution in [1.29, 1.82) is 0 Å². The molecule has 0 radical (unpaired) electrons. The van der Waals surface area contributed by atoms with Crippen molar-refractivity contribution in [3.63, 3.8) is 0 Å². The summed E-state index contributed by atoms with van der Waals surface area (Å²) in [6, 6.07) is 6.69. The molecule has 0 bridgehead atoms. The fraction of sp³-hybridized carbons (Fsp3) is 0.353. The number of carbonyl (C=O) groups is 2. The topological polar surface area (TPSA) is 113 Å². The van der Waals surface area contributed by atoms with Crippen LogP contribution in [0.15, 0.2) is 41.8 Å². The van der Waals surface area contributed by atoms with Crippen LogP contribution in [0.2, 0.25) is 0 Å². The summed E-state index contributed by atoms with van der Waals surface area (Å²) in [5.74, 6) is -0.489. The van der Waals surface area contributed by atoms with Crippen LogP contribution in [0.1, 0.15) is 19.8 Å². The minimum absolute atomic E-state index is 0.0446. The Morgan fingerprint density at radius 3 is 2.26 bits per heavy atom. The van der Waals surface area contributed by atoms with Crippen molar-refractivity contribution in [2.24, 2.45) is 0 Å². The number of nitrogens with one attached hydrogen (secondary N) is 2. The van der Waals surface area contributed by atoms with Crippen molar-refractivity contribution >= 4 is 33.2 Å². The fourth-order valence-corrected chi connectivity index (χ4v) is 4.28. The molecule has 1 saturated heterocycles. The van der Waals surface area contributed by atoms with Gasteiger partial charge < -0.3 is 15.2 Å². The quantitative estimate of drug-likeness (QED) is 0.770. The highest BCUT2D eigenvalue weighted by Gasteiger charge is 2.29. The first-order valence-electron chi connectivity index (χ1n) is 8.54. The number of benzene rings is 1. The maximum absolute atomic E-state index is 12.5. The number of aromatic nitrogens is 2. The van der Waals surface area contributed by atoms with E-state index in [0.29, 0.717) is 24.5 Å². The van der Waals surface area contributed by atoms with Gasteiger partial charge in [-0.05, 0) is 37.1 Å². The van der Waals surface area contributed by atoms with Gasteiger partial charge in [0.1, 0.15) is 6.54 Å². The Balaban J connectivity index is 1.60. The van der Waals surface area contributed by atoms with Crippen LogP contribution in [0.25, 0.3) is 0 Å². The van der Waals surface area contributed by atoms with E-state index in [1.807, 2.05) is 0 Å². The molecule has 1 aromatic carbocycles. The Labute approximate surface area is 157 Å². The number of rotatable bonds is 6. The van der Waals surface area contributed by atoms with Gasteiger partial charge in [0.2, 0.25) is 11.8 Å². The van der Waals surface area contributed by atoms with Crippen LogP contribution in [-0.4, -0.2) is 47.2 Å². The summed E-state index contributed by atoms with van der Waals surface area (Å²) in [6.07, 6.45) is 4.40. The summed E-state index contributed by atoms with van der Waals surface area (Å²) in [5.41, 5.74) is 1.20. The molecule has 1 aliphatic rings. The van der Waals surface area contributed by atoms with Crippen LogP contribution in [0.5, 0.6) is 0 Å². The first kappa shape index (κ1) is 19.1. The summed E-state index contributed by atoms with van der Waals surface area (Å²) < 4.78 is 27.8. The molecule has 1 aromatic heterocycles. The van der Waals surface area contributed by atoms with E-state index in [0.717, 1.165) is 12.8 Å². The summed E-state index contributed by atoms with van der Waals surface area (Å²) >= 11 is 0. The molecule has 2 aromatic rings. The predicted octanol–water partition coefficient (Wildman–Crippen LogP) is 1.26. The third-order valence-corrected chi connectivity index (χ3v) is 5.88. The SMILES string of the molecule is CC(=O)Nc1ccc(NC(=O)Cn2cnc(S(=O)(=O)N3CCCC3)c2)cc1. The molecule has 1 fully saturated rings. The van der Waals surface area contributed by atoms with Crippen molar-refractivity contribution in [2.45, 2.75) is 31.3 Å². The number of anilines is 2. The number of sulfonamides is 1. The summed E-state index contributed by atoms with van der Waals surface area (Å²) in [7, 11) is -3.59. The third kappa shape index (κ3) is 4.72. The maximum atomic E-state index is 12.5. The van der Waals surface area contributed by atoms with Crippen LogP contribution >= 0.6 is 0 Å². The normalized spacial score (nSPS) is 14.9. The highest BCUT2D eigenvalue weighted by atomic mass is 32.2. The van der Waals surface area contributed by atoms with Crippen molar-refractivity contribution in [2.75, 3.05) is 23.7 Å². The molecule has 27 heavy (non-hydrogen) atoms. The fourth-order valence-electron chi connectivity index (χ4n) is 2.83. The second-order valence-electron chi connectivity index (χ2n) is 6.30. The summed E-state index contributed by atoms with van der Waals surface area (Å²) in [6.45, 7) is 2.36. The number of amides is 2. The van der Waals surface area contributed by atoms with Gasteiger partial charge in [0.05, 0.1) is 6.33 Å². The molecule has 0 atom stereocenters. The lowest BCUT2D eigenvalue weighted by molar-refractivity contribution is -0.117. The smallest absolute Gasteiger partial charge is 0.262 e. The minimum Gasteiger partial charge on any atom is -0.327 e. The number of hydrogen-bond donors (Lipinski definition) is 2. The van der Waals surface area contributed by atoms with Crippen molar-refractivity contribution in [3.8, 4) is 0 Å². The van der Waals surface area contributed by atoms with Gasteiger partial charge >= 0.3 is 0 Å². The highest BCUT2D eigenvalue weighted by Crippen LogP contribution is 2.19. The van der Waals surface area contributed by atoms with Gasteiger partial charge in [0.25, 0.3) is 10.0 Å². The molecular formula is C17H21N5O4S. The van der Waals surface area contributed by atoms with Gasteiger partial charge in [-0.3, -0.25) is 9.59 Å². The lowest BCUT2D eigenvalue weighted by atomic mass is 10.2. The molecule has 1 aliphatic heterocycles. The molecule has 10 heteroatoms. The van der Waals surface area contributed by atoms with E-state index in [2.05, 4.69) is 15.6 Å². The zero-order valence-electron chi connectivity index (χ0n) is 14.9. The lowest BCUT2D eigenvalue weighted by Crippen LogP contribution is -2.28. The van der Waals surface area contributed by atoms with Gasteiger partial charge in [0, 0.05) is 37.6 Å². The monoisotopic (exact) mass is 391 g/mol. The molecule has 3 rings (SSSR count). The summed E-state index contributed by atoms with van der Waals surface area (Å²) in [5, 5.41) is 5.31. The second kappa shape index (κ2) is 7.89. The van der Waals surface area contributed by atoms with Gasteiger partial charge in [-0.2, -0.15) is 4.31 Å². The Morgan fingerprint density at radius 1 is 1.07 bits per heavy atom. The molecule has 0 saturated carbocycles. The van der Waals surface area contributed by atoms with Gasteiger partial charge in [-0.15, -0.1) is 0 Å². The van der Waals surface area contributed by atoms with Crippen molar-refractivity contribution < 1.29 is 18.0 Å². The molecule has 0 unspecified atom stereocenters. The number of carbonyl (C=O) groups excluding carboxylic acids is 2. The average molecular weight is 391 g/mol. The molecule has 0 spiro atoms. The number of imidazole rings is 1. The van der Waals surface area contributed by atoms with E-state index < -0.39 is 10.0 Å². The molecule has 144 valence electrons. The first-order valence-corrected chi connectivity index (χ1v) is 9.98. The second-order valence-corrected chi connectivity index (χ2v) is 8.19. The number of hydrogen-bond acceptors (Lipinski definition) is 5. The molecule has 0 aliphatic carbocycles. The highest BCUT2D eigenvalue weighted by molar-refractivity contribution is 7.89. The third-order valence-electron chi connectivity index (χ3n) is 4.09. The van der Waals surface area contributed by atoms with Gasteiger partial charge in [-0.25, -0.2) is 13.4 Å². The standard InChI is InChI=1S/C17H21N5O4S/c1-13(23)19-14-4-6-15(7-5-14)20-16(24)10-21-11-17(18-12-21)27(25,26)22-8-2-3-9-22/h4-7,11-12H,2-3,8-10H2,1H3,(H,19,23)(H,20,24). The maximum Gasteiger partial charge on any atom is 0.262 e. The molecule has 9 nitrogen and oxygen atoms in total. The van der Waals surface area contributed by atoms with E-state index in [1.54, 1.807) is 24.3 Å². The zero-order valence-corrected chi connectivity index (χ0v) is 15.7. The van der Waals surface area contributed by atoms with Crippen LogP contribution in [0.3, 0.4) is 0 Å². The Morgan fingerprint density at radius 2 is 1.67 bits per heavy atom. The van der Waals surface area contributed by atoms with E-state index in [4.69, 9.17) is 0 Å². The zero-order chi connectivity index (χ0) is 19.4. The van der Waals surface area contributed by atoms with Crippen LogP contribution < -0.4 is 10.6 Å². The molecule has 2 N–H and O–H groups in total. The first-order chi connectivity index (χ1) is 12.8. The van der Waals surface area contributed by atoms with Crippen LogP contribution in [0, 0.1) is 0 Å². The molecular weight excluding hydrogens is 370 g/mol. The minimum atomic E-state index is -3.59.